The van der Waals surface area contributed by atoms with Gasteiger partial charge in [-0.1, -0.05) is 63.6 Å². The van der Waals surface area contributed by atoms with Crippen LogP contribution in [0.5, 0.6) is 5.75 Å². The van der Waals surface area contributed by atoms with Gasteiger partial charge in [0.15, 0.2) is 0 Å². The van der Waals surface area contributed by atoms with Crippen molar-refractivity contribution < 1.29 is 4.74 Å². The maximum Gasteiger partial charge on any atom is 0.124 e. The topological polar surface area (TPSA) is 33.0 Å². The Balaban J connectivity index is 0.000000880. The fourth-order valence-electron chi connectivity index (χ4n) is 3.47. The van der Waals surface area contributed by atoms with E-state index in [9.17, 15) is 5.26 Å². The van der Waals surface area contributed by atoms with Gasteiger partial charge in [-0.05, 0) is 30.5 Å². The van der Waals surface area contributed by atoms with E-state index in [1.807, 2.05) is 26.0 Å². The van der Waals surface area contributed by atoms with E-state index >= 15 is 0 Å². The normalized spacial score (nSPS) is 23.4. The summed E-state index contributed by atoms with van der Waals surface area (Å²) in [6, 6.07) is 19.2. The highest BCUT2D eigenvalue weighted by molar-refractivity contribution is 8.01. The average Bonchev–Trinajstić information content (AvgIpc) is 3.29. The number of thioether (sulfide) groups is 1. The Hall–Kier alpha value is -1.92. The molecule has 4 rings (SSSR count). The van der Waals surface area contributed by atoms with Gasteiger partial charge >= 0.3 is 0 Å². The van der Waals surface area contributed by atoms with E-state index in [2.05, 4.69) is 49.4 Å². The molecular formula is C22H25NOS. The van der Waals surface area contributed by atoms with E-state index in [1.54, 1.807) is 11.8 Å². The van der Waals surface area contributed by atoms with Crippen molar-refractivity contribution in [2.24, 2.45) is 0 Å². The molecule has 2 aromatic carbocycles. The second-order valence-corrected chi connectivity index (χ2v) is 7.71. The van der Waals surface area contributed by atoms with E-state index in [0.29, 0.717) is 5.92 Å². The quantitative estimate of drug-likeness (QED) is 0.617. The van der Waals surface area contributed by atoms with Gasteiger partial charge in [-0.15, -0.1) is 11.8 Å². The molecule has 1 fully saturated rings. The molecule has 1 heterocycles. The predicted molar refractivity (Wildman–Crippen MR) is 104 cm³/mol. The lowest BCUT2D eigenvalue weighted by atomic mass is 10.0. The summed E-state index contributed by atoms with van der Waals surface area (Å²) in [7, 11) is 0. The van der Waals surface area contributed by atoms with E-state index in [4.69, 9.17) is 4.74 Å². The van der Waals surface area contributed by atoms with Crippen LogP contribution in [0.3, 0.4) is 0 Å². The maximum atomic E-state index is 9.46. The van der Waals surface area contributed by atoms with Crippen LogP contribution in [0.15, 0.2) is 53.4 Å². The predicted octanol–water partition coefficient (Wildman–Crippen LogP) is 6.49. The standard InChI is InChI=1S/C20H19NOS.C2H6/c1-2-7-16(14-8-4-3-5-9-14)22-17-10-6-11-18-19(17)15-12-20(15,13-21)23-18;1-2/h3-6,8-11,15-16H,2,7,12H2,1H3;1-2H3/t15?,16-,20?;/m0./s1. The van der Waals surface area contributed by atoms with Crippen LogP contribution in [-0.4, -0.2) is 4.75 Å². The van der Waals surface area contributed by atoms with Crippen LogP contribution in [0.4, 0.5) is 0 Å². The summed E-state index contributed by atoms with van der Waals surface area (Å²) < 4.78 is 6.23. The van der Waals surface area contributed by atoms with Crippen LogP contribution in [0.25, 0.3) is 0 Å². The highest BCUT2D eigenvalue weighted by Gasteiger charge is 2.63. The van der Waals surface area contributed by atoms with Gasteiger partial charge in [0.25, 0.3) is 0 Å². The van der Waals surface area contributed by atoms with Crippen molar-refractivity contribution in [1.82, 2.24) is 0 Å². The molecule has 0 spiro atoms. The number of nitriles is 1. The molecule has 0 radical (unpaired) electrons. The average molecular weight is 352 g/mol. The van der Waals surface area contributed by atoms with Gasteiger partial charge in [0.2, 0.25) is 0 Å². The highest BCUT2D eigenvalue weighted by atomic mass is 32.2. The van der Waals surface area contributed by atoms with E-state index in [0.717, 1.165) is 25.0 Å². The summed E-state index contributed by atoms with van der Waals surface area (Å²) in [5.74, 6) is 1.32. The van der Waals surface area contributed by atoms with Crippen molar-refractivity contribution in [2.75, 3.05) is 0 Å². The largest absolute Gasteiger partial charge is 0.485 e. The van der Waals surface area contributed by atoms with Crippen molar-refractivity contribution >= 4 is 11.8 Å². The second-order valence-electron chi connectivity index (χ2n) is 6.33. The first-order chi connectivity index (χ1) is 12.3. The van der Waals surface area contributed by atoms with Gasteiger partial charge in [0.05, 0.1) is 6.07 Å². The lowest BCUT2D eigenvalue weighted by molar-refractivity contribution is 0.191. The SMILES string of the molecule is CC.CCC[C@H](Oc1cccc2c1C1CC1(C#N)S2)c1ccccc1. The summed E-state index contributed by atoms with van der Waals surface area (Å²) in [5, 5.41) is 9.46. The first kappa shape index (κ1) is 17.9. The zero-order valence-corrected chi connectivity index (χ0v) is 16.0. The third kappa shape index (κ3) is 3.28. The second kappa shape index (κ2) is 7.54. The Morgan fingerprint density at radius 1 is 1.20 bits per heavy atom. The maximum absolute atomic E-state index is 9.46. The molecule has 0 bridgehead atoms. The van der Waals surface area contributed by atoms with Gasteiger partial charge in [0, 0.05) is 16.4 Å². The Morgan fingerprint density at radius 3 is 2.64 bits per heavy atom. The third-order valence-corrected chi connectivity index (χ3v) is 6.24. The van der Waals surface area contributed by atoms with Crippen LogP contribution < -0.4 is 4.74 Å². The fourth-order valence-corrected chi connectivity index (χ4v) is 4.92. The molecule has 2 nitrogen and oxygen atoms in total. The van der Waals surface area contributed by atoms with Crippen LogP contribution in [0.1, 0.15) is 63.2 Å². The van der Waals surface area contributed by atoms with Crippen molar-refractivity contribution in [3.8, 4) is 11.8 Å². The molecule has 2 aromatic rings. The molecule has 2 aliphatic rings. The molecule has 1 aliphatic heterocycles. The monoisotopic (exact) mass is 351 g/mol. The Labute approximate surface area is 155 Å². The fraction of sp³-hybridized carbons (Fsp3) is 0.409. The van der Waals surface area contributed by atoms with E-state index in [1.165, 1.54) is 16.0 Å². The third-order valence-electron chi connectivity index (χ3n) is 4.76. The van der Waals surface area contributed by atoms with Gasteiger partial charge in [0.1, 0.15) is 16.6 Å². The van der Waals surface area contributed by atoms with Gasteiger partial charge in [-0.25, -0.2) is 0 Å². The minimum atomic E-state index is -0.213. The van der Waals surface area contributed by atoms with Crippen molar-refractivity contribution in [3.63, 3.8) is 0 Å². The molecule has 1 saturated carbocycles. The highest BCUT2D eigenvalue weighted by Crippen LogP contribution is 2.71. The minimum absolute atomic E-state index is 0.0773. The first-order valence-corrected chi connectivity index (χ1v) is 10.0. The van der Waals surface area contributed by atoms with Crippen LogP contribution in [0, 0.1) is 11.3 Å². The lowest BCUT2D eigenvalue weighted by Gasteiger charge is -2.21. The summed E-state index contributed by atoms with van der Waals surface area (Å²) >= 11 is 1.72. The molecule has 25 heavy (non-hydrogen) atoms. The van der Waals surface area contributed by atoms with Crippen molar-refractivity contribution in [3.05, 3.63) is 59.7 Å². The summed E-state index contributed by atoms with van der Waals surface area (Å²) in [5.41, 5.74) is 2.48. The zero-order chi connectivity index (χ0) is 17.9. The first-order valence-electron chi connectivity index (χ1n) is 9.22. The summed E-state index contributed by atoms with van der Waals surface area (Å²) in [4.78, 5) is 1.23. The molecule has 0 N–H and O–H groups in total. The van der Waals surface area contributed by atoms with Crippen LogP contribution in [-0.2, 0) is 0 Å². The number of nitrogens with zero attached hydrogens (tertiary/aromatic N) is 1. The Bertz CT molecular complexity index is 767. The summed E-state index contributed by atoms with van der Waals surface area (Å²) in [6.45, 7) is 6.19. The van der Waals surface area contributed by atoms with Crippen LogP contribution >= 0.6 is 11.8 Å². The molecule has 3 atom stereocenters. The number of benzene rings is 2. The molecule has 0 amide bonds. The Kier molecular flexibility index (Phi) is 5.39. The lowest BCUT2D eigenvalue weighted by Crippen LogP contribution is -2.08. The number of ether oxygens (including phenoxy) is 1. The van der Waals surface area contributed by atoms with Gasteiger partial charge in [-0.2, -0.15) is 5.26 Å². The number of fused-ring (bicyclic) bond motifs is 3. The Morgan fingerprint density at radius 2 is 1.96 bits per heavy atom. The number of hydrogen-bond acceptors (Lipinski definition) is 3. The van der Waals surface area contributed by atoms with Gasteiger partial charge < -0.3 is 4.74 Å². The summed E-state index contributed by atoms with van der Waals surface area (Å²) in [6.07, 6.45) is 3.11. The van der Waals surface area contributed by atoms with Crippen molar-refractivity contribution in [1.29, 1.82) is 5.26 Å². The molecule has 130 valence electrons. The van der Waals surface area contributed by atoms with Gasteiger partial charge in [-0.3, -0.25) is 0 Å². The number of rotatable bonds is 5. The van der Waals surface area contributed by atoms with Crippen molar-refractivity contribution in [2.45, 2.75) is 61.7 Å². The van der Waals surface area contributed by atoms with Crippen LogP contribution in [0.2, 0.25) is 0 Å². The molecule has 0 aromatic heterocycles. The minimum Gasteiger partial charge on any atom is -0.485 e. The molecule has 2 unspecified atom stereocenters. The molecule has 1 aliphatic carbocycles. The molecule has 3 heteroatoms. The van der Waals surface area contributed by atoms with E-state index < -0.39 is 0 Å². The zero-order valence-electron chi connectivity index (χ0n) is 15.2. The molecular weight excluding hydrogens is 326 g/mol. The van der Waals surface area contributed by atoms with E-state index in [-0.39, 0.29) is 10.9 Å². The number of hydrogen-bond donors (Lipinski definition) is 0. The smallest absolute Gasteiger partial charge is 0.124 e. The molecule has 0 saturated heterocycles.